The van der Waals surface area contributed by atoms with Crippen LogP contribution >= 0.6 is 15.9 Å². The number of aromatic amines is 1. The number of nitrogens with one attached hydrogen (secondary N) is 1. The van der Waals surface area contributed by atoms with Crippen molar-refractivity contribution in [2.45, 2.75) is 31.6 Å². The molecule has 0 radical (unpaired) electrons. The summed E-state index contributed by atoms with van der Waals surface area (Å²) in [6.45, 7) is 0. The van der Waals surface area contributed by atoms with Gasteiger partial charge in [0.15, 0.2) is 0 Å². The lowest BCUT2D eigenvalue weighted by Gasteiger charge is -2.20. The molecule has 0 saturated heterocycles. The van der Waals surface area contributed by atoms with E-state index in [1.165, 1.54) is 28.6 Å². The Bertz CT molecular complexity index is 606. The average Bonchev–Trinajstić information content (AvgIpc) is 2.67. The summed E-state index contributed by atoms with van der Waals surface area (Å²) in [5.41, 5.74) is 3.92. The van der Waals surface area contributed by atoms with Crippen LogP contribution < -0.4 is 0 Å². The van der Waals surface area contributed by atoms with Crippen molar-refractivity contribution in [1.29, 1.82) is 5.26 Å². The van der Waals surface area contributed by atoms with E-state index in [-0.39, 0.29) is 0 Å². The third-order valence-corrected chi connectivity index (χ3v) is 4.10. The molecule has 2 nitrogen and oxygen atoms in total. The average molecular weight is 289 g/mol. The minimum Gasteiger partial charge on any atom is -0.358 e. The van der Waals surface area contributed by atoms with Crippen molar-refractivity contribution < 1.29 is 0 Å². The number of aromatic nitrogens is 1. The Balaban J connectivity index is 2.21. The van der Waals surface area contributed by atoms with E-state index in [1.54, 1.807) is 0 Å². The van der Waals surface area contributed by atoms with Crippen LogP contribution in [0.1, 0.15) is 36.4 Å². The van der Waals surface area contributed by atoms with Crippen LogP contribution in [0.3, 0.4) is 0 Å². The highest BCUT2D eigenvalue weighted by atomic mass is 79.9. The summed E-state index contributed by atoms with van der Waals surface area (Å²) in [4.78, 5) is 3.51. The molecule has 1 heterocycles. The lowest BCUT2D eigenvalue weighted by atomic mass is 9.83. The second-order valence-electron chi connectivity index (χ2n) is 4.66. The summed E-state index contributed by atoms with van der Waals surface area (Å²) < 4.78 is 1.10. The second kappa shape index (κ2) is 4.19. The molecule has 1 aromatic heterocycles. The van der Waals surface area contributed by atoms with Crippen molar-refractivity contribution in [2.24, 2.45) is 0 Å². The van der Waals surface area contributed by atoms with Gasteiger partial charge in [0.05, 0.1) is 6.07 Å². The molecule has 0 fully saturated rings. The fourth-order valence-electron chi connectivity index (χ4n) is 2.89. The predicted octanol–water partition coefficient (Wildman–Crippen LogP) is 4.26. The van der Waals surface area contributed by atoms with Gasteiger partial charge >= 0.3 is 0 Å². The minimum atomic E-state index is 0.415. The highest BCUT2D eigenvalue weighted by molar-refractivity contribution is 9.10. The van der Waals surface area contributed by atoms with Gasteiger partial charge in [-0.1, -0.05) is 22.0 Å². The molecule has 3 rings (SSSR count). The third-order valence-electron chi connectivity index (χ3n) is 3.61. The molecule has 1 atom stereocenters. The molecule has 1 N–H and O–H groups in total. The van der Waals surface area contributed by atoms with Gasteiger partial charge in [-0.25, -0.2) is 0 Å². The normalized spacial score (nSPS) is 18.9. The molecule has 17 heavy (non-hydrogen) atoms. The summed E-state index contributed by atoms with van der Waals surface area (Å²) in [6, 6.07) is 8.68. The van der Waals surface area contributed by atoms with Crippen LogP contribution in [0.5, 0.6) is 0 Å². The standard InChI is InChI=1S/C14H13BrN2/c15-10-4-5-11-13(8-10)17-12-3-1-2-9(6-7-16)14(11)12/h4-5,8-9,17H,1-3,6H2. The minimum absolute atomic E-state index is 0.415. The fraction of sp³-hybridized carbons (Fsp3) is 0.357. The first-order valence-corrected chi connectivity index (χ1v) is 6.76. The van der Waals surface area contributed by atoms with Gasteiger partial charge in [-0.15, -0.1) is 0 Å². The Morgan fingerprint density at radius 1 is 1.47 bits per heavy atom. The number of benzene rings is 1. The Labute approximate surface area is 109 Å². The zero-order valence-electron chi connectivity index (χ0n) is 9.46. The van der Waals surface area contributed by atoms with Crippen LogP contribution in [0.25, 0.3) is 10.9 Å². The quantitative estimate of drug-likeness (QED) is 0.837. The number of aryl methyl sites for hydroxylation is 1. The maximum atomic E-state index is 8.93. The molecule has 1 unspecified atom stereocenters. The molecular formula is C14H13BrN2. The third kappa shape index (κ3) is 1.77. The van der Waals surface area contributed by atoms with Crippen molar-refractivity contribution in [3.8, 4) is 6.07 Å². The molecule has 0 saturated carbocycles. The van der Waals surface area contributed by atoms with E-state index in [4.69, 9.17) is 5.26 Å². The number of nitriles is 1. The predicted molar refractivity (Wildman–Crippen MR) is 71.9 cm³/mol. The molecule has 0 bridgehead atoms. The highest BCUT2D eigenvalue weighted by Crippen LogP contribution is 2.39. The van der Waals surface area contributed by atoms with Crippen LogP contribution in [-0.2, 0) is 6.42 Å². The van der Waals surface area contributed by atoms with Gasteiger partial charge in [0.1, 0.15) is 0 Å². The lowest BCUT2D eigenvalue weighted by Crippen LogP contribution is -2.08. The SMILES string of the molecule is N#CCC1CCCc2[nH]c3cc(Br)ccc3c21. The first kappa shape index (κ1) is 10.9. The van der Waals surface area contributed by atoms with Gasteiger partial charge in [0.2, 0.25) is 0 Å². The van der Waals surface area contributed by atoms with E-state index in [0.717, 1.165) is 17.3 Å². The monoisotopic (exact) mass is 288 g/mol. The number of hydrogen-bond acceptors (Lipinski definition) is 1. The molecular weight excluding hydrogens is 276 g/mol. The molecule has 2 aromatic rings. The number of rotatable bonds is 1. The van der Waals surface area contributed by atoms with Crippen molar-refractivity contribution in [3.05, 3.63) is 33.9 Å². The first-order valence-electron chi connectivity index (χ1n) is 5.96. The number of fused-ring (bicyclic) bond motifs is 3. The molecule has 1 aliphatic carbocycles. The summed E-state index contributed by atoms with van der Waals surface area (Å²) in [6.07, 6.45) is 4.08. The van der Waals surface area contributed by atoms with Crippen LogP contribution in [0.2, 0.25) is 0 Å². The maximum absolute atomic E-state index is 8.93. The van der Waals surface area contributed by atoms with Gasteiger partial charge < -0.3 is 4.98 Å². The molecule has 3 heteroatoms. The van der Waals surface area contributed by atoms with Crippen molar-refractivity contribution in [2.75, 3.05) is 0 Å². The summed E-state index contributed by atoms with van der Waals surface area (Å²) >= 11 is 3.50. The number of halogens is 1. The smallest absolute Gasteiger partial charge is 0.0628 e. The van der Waals surface area contributed by atoms with Crippen LogP contribution in [0.4, 0.5) is 0 Å². The summed E-state index contributed by atoms with van der Waals surface area (Å²) in [7, 11) is 0. The van der Waals surface area contributed by atoms with Gasteiger partial charge in [-0.2, -0.15) is 5.26 Å². The van der Waals surface area contributed by atoms with Crippen molar-refractivity contribution in [1.82, 2.24) is 4.98 Å². The van der Waals surface area contributed by atoms with Crippen LogP contribution in [0, 0.1) is 11.3 Å². The summed E-state index contributed by atoms with van der Waals surface area (Å²) in [5.74, 6) is 0.415. The van der Waals surface area contributed by atoms with Gasteiger partial charge in [-0.05, 0) is 42.9 Å². The Hall–Kier alpha value is -1.27. The van der Waals surface area contributed by atoms with Gasteiger partial charge in [0.25, 0.3) is 0 Å². The van der Waals surface area contributed by atoms with E-state index in [9.17, 15) is 0 Å². The molecule has 1 aliphatic rings. The maximum Gasteiger partial charge on any atom is 0.0628 e. The second-order valence-corrected chi connectivity index (χ2v) is 5.57. The lowest BCUT2D eigenvalue weighted by molar-refractivity contribution is 0.561. The Morgan fingerprint density at radius 2 is 2.35 bits per heavy atom. The number of hydrogen-bond donors (Lipinski definition) is 1. The van der Waals surface area contributed by atoms with E-state index >= 15 is 0 Å². The van der Waals surface area contributed by atoms with Crippen molar-refractivity contribution >= 4 is 26.8 Å². The Morgan fingerprint density at radius 3 is 3.18 bits per heavy atom. The molecule has 86 valence electrons. The highest BCUT2D eigenvalue weighted by Gasteiger charge is 2.24. The topological polar surface area (TPSA) is 39.6 Å². The zero-order chi connectivity index (χ0) is 11.8. The van der Waals surface area contributed by atoms with Crippen LogP contribution in [-0.4, -0.2) is 4.98 Å². The number of nitrogens with zero attached hydrogens (tertiary/aromatic N) is 1. The summed E-state index contributed by atoms with van der Waals surface area (Å²) in [5, 5.41) is 10.2. The molecule has 0 spiro atoms. The molecule has 0 amide bonds. The van der Waals surface area contributed by atoms with Crippen molar-refractivity contribution in [3.63, 3.8) is 0 Å². The van der Waals surface area contributed by atoms with Gasteiger partial charge in [-0.3, -0.25) is 0 Å². The van der Waals surface area contributed by atoms with E-state index in [0.29, 0.717) is 12.3 Å². The molecule has 1 aromatic carbocycles. The largest absolute Gasteiger partial charge is 0.358 e. The fourth-order valence-corrected chi connectivity index (χ4v) is 3.26. The molecule has 0 aliphatic heterocycles. The zero-order valence-corrected chi connectivity index (χ0v) is 11.0. The Kier molecular flexibility index (Phi) is 2.68. The van der Waals surface area contributed by atoms with Crippen LogP contribution in [0.15, 0.2) is 22.7 Å². The van der Waals surface area contributed by atoms with E-state index in [2.05, 4.69) is 45.2 Å². The van der Waals surface area contributed by atoms with E-state index in [1.807, 2.05) is 0 Å². The first-order chi connectivity index (χ1) is 8.29. The van der Waals surface area contributed by atoms with E-state index < -0.39 is 0 Å². The number of H-pyrrole nitrogens is 1. The van der Waals surface area contributed by atoms with Gasteiger partial charge in [0, 0.05) is 27.5 Å².